The maximum Gasteiger partial charge on any atom is 0.255 e. The van der Waals surface area contributed by atoms with Crippen molar-refractivity contribution in [2.75, 3.05) is 29.9 Å². The van der Waals surface area contributed by atoms with Crippen molar-refractivity contribution in [1.29, 1.82) is 0 Å². The molecular weight excluding hydrogens is 404 g/mol. The maximum atomic E-state index is 12.9. The van der Waals surface area contributed by atoms with E-state index in [1.807, 2.05) is 72.4 Å². The van der Waals surface area contributed by atoms with E-state index in [1.54, 1.807) is 6.07 Å². The van der Waals surface area contributed by atoms with Crippen molar-refractivity contribution in [3.05, 3.63) is 95.1 Å². The number of thioether (sulfide) groups is 1. The number of hydrogen-bond acceptors (Lipinski definition) is 4. The monoisotopic (exact) mass is 432 g/mol. The van der Waals surface area contributed by atoms with E-state index in [0.29, 0.717) is 17.9 Å². The van der Waals surface area contributed by atoms with Crippen LogP contribution in [-0.4, -0.2) is 35.4 Å². The number of anilines is 1. The summed E-state index contributed by atoms with van der Waals surface area (Å²) in [4.78, 5) is 15.4. The molecule has 0 saturated carbocycles. The van der Waals surface area contributed by atoms with Crippen LogP contribution in [0.2, 0.25) is 0 Å². The zero-order valence-electron chi connectivity index (χ0n) is 17.8. The lowest BCUT2D eigenvalue weighted by Crippen LogP contribution is -2.32. The summed E-state index contributed by atoms with van der Waals surface area (Å²) in [6.07, 6.45) is 0. The normalized spacial score (nSPS) is 14.2. The zero-order chi connectivity index (χ0) is 21.5. The lowest BCUT2D eigenvalue weighted by Gasteiger charge is -2.27. The minimum atomic E-state index is -0.125. The number of nitrogens with one attached hydrogen (secondary N) is 1. The summed E-state index contributed by atoms with van der Waals surface area (Å²) in [5, 5.41) is 3.09. The van der Waals surface area contributed by atoms with Crippen molar-refractivity contribution in [3.8, 4) is 5.75 Å². The van der Waals surface area contributed by atoms with Crippen molar-refractivity contribution in [1.82, 2.24) is 4.90 Å². The third-order valence-corrected chi connectivity index (χ3v) is 6.48. The summed E-state index contributed by atoms with van der Waals surface area (Å²) in [6, 6.07) is 23.5. The molecule has 0 aromatic heterocycles. The average molecular weight is 433 g/mol. The molecule has 0 bridgehead atoms. The van der Waals surface area contributed by atoms with Gasteiger partial charge >= 0.3 is 0 Å². The number of amides is 1. The number of benzene rings is 3. The number of carbonyl (C=O) groups is 1. The Morgan fingerprint density at radius 2 is 1.77 bits per heavy atom. The van der Waals surface area contributed by atoms with Crippen molar-refractivity contribution >= 4 is 23.4 Å². The average Bonchev–Trinajstić information content (AvgIpc) is 2.82. The molecule has 0 unspecified atom stereocenters. The molecule has 1 heterocycles. The standard InChI is InChI=1S/C26H28N2O2S/c1-20-23(18-28-13-15-31-16-14-28)10-6-12-25(20)27-26(29)22-9-5-11-24(17-22)30-19-21-7-3-2-4-8-21/h2-12,17H,13-16,18-19H2,1H3,(H,27,29). The van der Waals surface area contributed by atoms with Crippen LogP contribution < -0.4 is 10.1 Å². The summed E-state index contributed by atoms with van der Waals surface area (Å²) in [5.74, 6) is 2.95. The fraction of sp³-hybridized carbons (Fsp3) is 0.269. The summed E-state index contributed by atoms with van der Waals surface area (Å²) >= 11 is 2.02. The Hall–Kier alpha value is -2.76. The summed E-state index contributed by atoms with van der Waals surface area (Å²) < 4.78 is 5.87. The predicted octanol–water partition coefficient (Wildman–Crippen LogP) is 5.38. The highest BCUT2D eigenvalue weighted by atomic mass is 32.2. The van der Waals surface area contributed by atoms with Gasteiger partial charge in [0, 0.05) is 42.4 Å². The number of ether oxygens (including phenoxy) is 1. The van der Waals surface area contributed by atoms with Crippen LogP contribution in [0.3, 0.4) is 0 Å². The molecular formula is C26H28N2O2S. The highest BCUT2D eigenvalue weighted by molar-refractivity contribution is 7.99. The van der Waals surface area contributed by atoms with Gasteiger partial charge in [-0.2, -0.15) is 11.8 Å². The van der Waals surface area contributed by atoms with Crippen LogP contribution in [0.1, 0.15) is 27.0 Å². The SMILES string of the molecule is Cc1c(CN2CCSCC2)cccc1NC(=O)c1cccc(OCc2ccccc2)c1. The summed E-state index contributed by atoms with van der Waals surface area (Å²) in [7, 11) is 0. The fourth-order valence-corrected chi connectivity index (χ4v) is 4.63. The molecule has 160 valence electrons. The maximum absolute atomic E-state index is 12.9. The van der Waals surface area contributed by atoms with Crippen molar-refractivity contribution in [2.45, 2.75) is 20.1 Å². The van der Waals surface area contributed by atoms with E-state index in [2.05, 4.69) is 23.2 Å². The van der Waals surface area contributed by atoms with Gasteiger partial charge in [0.1, 0.15) is 12.4 Å². The van der Waals surface area contributed by atoms with E-state index in [1.165, 1.54) is 17.1 Å². The third-order valence-electron chi connectivity index (χ3n) is 5.54. The van der Waals surface area contributed by atoms with Crippen LogP contribution >= 0.6 is 11.8 Å². The predicted molar refractivity (Wildman–Crippen MR) is 129 cm³/mol. The van der Waals surface area contributed by atoms with Gasteiger partial charge < -0.3 is 10.1 Å². The van der Waals surface area contributed by atoms with E-state index < -0.39 is 0 Å². The molecule has 1 fully saturated rings. The Bertz CT molecular complexity index is 1020. The first-order valence-corrected chi connectivity index (χ1v) is 11.8. The van der Waals surface area contributed by atoms with E-state index >= 15 is 0 Å². The Kier molecular flexibility index (Phi) is 7.28. The minimum absolute atomic E-state index is 0.125. The first kappa shape index (κ1) is 21.5. The van der Waals surface area contributed by atoms with E-state index in [4.69, 9.17) is 4.74 Å². The van der Waals surface area contributed by atoms with E-state index in [-0.39, 0.29) is 5.91 Å². The van der Waals surface area contributed by atoms with Crippen molar-refractivity contribution < 1.29 is 9.53 Å². The first-order valence-electron chi connectivity index (χ1n) is 10.7. The van der Waals surface area contributed by atoms with E-state index in [9.17, 15) is 4.79 Å². The summed E-state index contributed by atoms with van der Waals surface area (Å²) in [5.41, 5.74) is 4.94. The second-order valence-electron chi connectivity index (χ2n) is 7.73. The minimum Gasteiger partial charge on any atom is -0.489 e. The molecule has 1 aliphatic rings. The first-order chi connectivity index (χ1) is 15.2. The van der Waals surface area contributed by atoms with Crippen molar-refractivity contribution in [3.63, 3.8) is 0 Å². The van der Waals surface area contributed by atoms with Gasteiger partial charge in [0.05, 0.1) is 0 Å². The molecule has 31 heavy (non-hydrogen) atoms. The van der Waals surface area contributed by atoms with Gasteiger partial charge in [-0.15, -0.1) is 0 Å². The van der Waals surface area contributed by atoms with Gasteiger partial charge in [0.2, 0.25) is 0 Å². The highest BCUT2D eigenvalue weighted by Gasteiger charge is 2.14. The van der Waals surface area contributed by atoms with Gasteiger partial charge in [-0.1, -0.05) is 48.5 Å². The molecule has 3 aromatic carbocycles. The molecule has 0 atom stereocenters. The molecule has 1 amide bonds. The van der Waals surface area contributed by atoms with Gasteiger partial charge in [0.15, 0.2) is 0 Å². The molecule has 1 saturated heterocycles. The van der Waals surface area contributed by atoms with Crippen LogP contribution in [0.15, 0.2) is 72.8 Å². The van der Waals surface area contributed by atoms with Gasteiger partial charge in [0.25, 0.3) is 5.91 Å². The lowest BCUT2D eigenvalue weighted by molar-refractivity contribution is 0.102. The Balaban J connectivity index is 1.41. The lowest BCUT2D eigenvalue weighted by atomic mass is 10.1. The topological polar surface area (TPSA) is 41.6 Å². The number of nitrogens with zero attached hydrogens (tertiary/aromatic N) is 1. The number of hydrogen-bond donors (Lipinski definition) is 1. The number of rotatable bonds is 7. The quantitative estimate of drug-likeness (QED) is 0.545. The fourth-order valence-electron chi connectivity index (χ4n) is 3.65. The molecule has 4 nitrogen and oxygen atoms in total. The largest absolute Gasteiger partial charge is 0.489 e. The highest BCUT2D eigenvalue weighted by Crippen LogP contribution is 2.23. The Morgan fingerprint density at radius 1 is 1.00 bits per heavy atom. The molecule has 1 aliphatic heterocycles. The van der Waals surface area contributed by atoms with Crippen LogP contribution in [-0.2, 0) is 13.2 Å². The zero-order valence-corrected chi connectivity index (χ0v) is 18.7. The van der Waals surface area contributed by atoms with Crippen molar-refractivity contribution in [2.24, 2.45) is 0 Å². The smallest absolute Gasteiger partial charge is 0.255 e. The molecule has 0 radical (unpaired) electrons. The summed E-state index contributed by atoms with van der Waals surface area (Å²) in [6.45, 7) is 5.73. The molecule has 3 aromatic rings. The van der Waals surface area contributed by atoms with Crippen LogP contribution in [0, 0.1) is 6.92 Å². The van der Waals surface area contributed by atoms with E-state index in [0.717, 1.165) is 36.4 Å². The van der Waals surface area contributed by atoms with Crippen LogP contribution in [0.4, 0.5) is 5.69 Å². The molecule has 1 N–H and O–H groups in total. The Morgan fingerprint density at radius 3 is 2.58 bits per heavy atom. The van der Waals surface area contributed by atoms with Gasteiger partial charge in [-0.25, -0.2) is 0 Å². The van der Waals surface area contributed by atoms with Crippen LogP contribution in [0.25, 0.3) is 0 Å². The third kappa shape index (κ3) is 5.90. The van der Waals surface area contributed by atoms with Crippen LogP contribution in [0.5, 0.6) is 5.75 Å². The molecule has 0 spiro atoms. The molecule has 5 heteroatoms. The molecule has 0 aliphatic carbocycles. The van der Waals surface area contributed by atoms with Gasteiger partial charge in [-0.05, 0) is 47.9 Å². The second-order valence-corrected chi connectivity index (χ2v) is 8.96. The Labute approximate surface area is 188 Å². The molecule has 4 rings (SSSR count). The number of carbonyl (C=O) groups excluding carboxylic acids is 1. The van der Waals surface area contributed by atoms with Gasteiger partial charge in [-0.3, -0.25) is 9.69 Å². The second kappa shape index (κ2) is 10.5.